The Morgan fingerprint density at radius 3 is 2.73 bits per heavy atom. The Labute approximate surface area is 127 Å². The number of hydrogen-bond donors (Lipinski definition) is 1. The fourth-order valence-electron chi connectivity index (χ4n) is 2.31. The Balaban J connectivity index is 1.92. The summed E-state index contributed by atoms with van der Waals surface area (Å²) in [4.78, 5) is 44.4. The molecule has 22 heavy (non-hydrogen) atoms. The third-order valence-electron chi connectivity index (χ3n) is 3.47. The number of nitrogens with two attached hydrogens (primary N) is 1. The van der Waals surface area contributed by atoms with Crippen LogP contribution in [-0.4, -0.2) is 51.8 Å². The van der Waals surface area contributed by atoms with Crippen molar-refractivity contribution in [3.63, 3.8) is 0 Å². The zero-order valence-electron chi connectivity index (χ0n) is 12.3. The first-order chi connectivity index (χ1) is 10.5. The molecule has 1 aliphatic heterocycles. The number of aryl methyl sites for hydroxylation is 1. The lowest BCUT2D eigenvalue weighted by Gasteiger charge is -2.33. The maximum absolute atomic E-state index is 12.1. The average molecular weight is 306 g/mol. The maximum atomic E-state index is 12.1. The highest BCUT2D eigenvalue weighted by atomic mass is 16.5. The van der Waals surface area contributed by atoms with Gasteiger partial charge in [-0.25, -0.2) is 9.78 Å². The number of likely N-dealkylation sites (tertiary alicyclic amines) is 1. The van der Waals surface area contributed by atoms with Gasteiger partial charge >= 0.3 is 5.97 Å². The second kappa shape index (κ2) is 6.97. The quantitative estimate of drug-likeness (QED) is 0.771. The number of hydrogen-bond acceptors (Lipinski definition) is 6. The van der Waals surface area contributed by atoms with Crippen molar-refractivity contribution in [2.24, 2.45) is 5.73 Å². The van der Waals surface area contributed by atoms with Crippen molar-refractivity contribution < 1.29 is 19.1 Å². The number of aromatic nitrogens is 2. The molecule has 2 rings (SSSR count). The van der Waals surface area contributed by atoms with Gasteiger partial charge in [0.1, 0.15) is 6.04 Å². The van der Waals surface area contributed by atoms with E-state index in [-0.39, 0.29) is 5.69 Å². The van der Waals surface area contributed by atoms with Crippen molar-refractivity contribution in [3.8, 4) is 0 Å². The number of nitrogens with zero attached hydrogens (tertiary/aromatic N) is 3. The monoisotopic (exact) mass is 306 g/mol. The van der Waals surface area contributed by atoms with Crippen LogP contribution in [0.5, 0.6) is 0 Å². The molecular formula is C14H18N4O4. The predicted octanol–water partition coefficient (Wildman–Crippen LogP) is -0.192. The lowest BCUT2D eigenvalue weighted by molar-refractivity contribution is -0.143. The van der Waals surface area contributed by atoms with Gasteiger partial charge in [0, 0.05) is 12.7 Å². The van der Waals surface area contributed by atoms with E-state index in [0.717, 1.165) is 12.8 Å². The van der Waals surface area contributed by atoms with Crippen molar-refractivity contribution in [1.82, 2.24) is 14.9 Å². The molecule has 2 heterocycles. The largest absolute Gasteiger partial charge is 0.451 e. The minimum Gasteiger partial charge on any atom is -0.451 e. The molecule has 1 fully saturated rings. The molecule has 1 aromatic rings. The molecular weight excluding hydrogens is 288 g/mol. The van der Waals surface area contributed by atoms with Crippen LogP contribution in [0.15, 0.2) is 12.4 Å². The molecule has 2 N–H and O–H groups in total. The fourth-order valence-corrected chi connectivity index (χ4v) is 2.31. The molecule has 0 bridgehead atoms. The van der Waals surface area contributed by atoms with Gasteiger partial charge in [-0.05, 0) is 26.2 Å². The molecule has 118 valence electrons. The lowest BCUT2D eigenvalue weighted by Crippen LogP contribution is -2.51. The molecule has 0 spiro atoms. The van der Waals surface area contributed by atoms with Crippen molar-refractivity contribution in [2.75, 3.05) is 13.2 Å². The van der Waals surface area contributed by atoms with Gasteiger partial charge < -0.3 is 15.4 Å². The van der Waals surface area contributed by atoms with Crippen molar-refractivity contribution >= 4 is 17.8 Å². The van der Waals surface area contributed by atoms with Gasteiger partial charge in [0.25, 0.3) is 5.91 Å². The second-order valence-electron chi connectivity index (χ2n) is 5.12. The molecule has 1 aromatic heterocycles. The van der Waals surface area contributed by atoms with Crippen LogP contribution in [0.3, 0.4) is 0 Å². The summed E-state index contributed by atoms with van der Waals surface area (Å²) in [5.74, 6) is -1.70. The first kappa shape index (κ1) is 15.9. The number of carbonyl (C=O) groups is 3. The number of esters is 1. The third kappa shape index (κ3) is 3.78. The Hall–Kier alpha value is -2.51. The van der Waals surface area contributed by atoms with Crippen LogP contribution in [-0.2, 0) is 14.3 Å². The molecule has 0 radical (unpaired) electrons. The number of amides is 2. The maximum Gasteiger partial charge on any atom is 0.359 e. The normalized spacial score (nSPS) is 17.9. The lowest BCUT2D eigenvalue weighted by atomic mass is 10.0. The SMILES string of the molecule is Cc1cnc(C(=O)OCC(=O)N2CCCC[C@@H]2C(N)=O)cn1. The van der Waals surface area contributed by atoms with E-state index in [2.05, 4.69) is 9.97 Å². The van der Waals surface area contributed by atoms with E-state index in [1.54, 1.807) is 6.92 Å². The highest BCUT2D eigenvalue weighted by molar-refractivity contribution is 5.91. The van der Waals surface area contributed by atoms with Crippen LogP contribution in [0.1, 0.15) is 35.4 Å². The standard InChI is InChI=1S/C14H18N4O4/c1-9-6-17-10(7-16-9)14(21)22-8-12(19)18-5-3-2-4-11(18)13(15)20/h6-7,11H,2-5,8H2,1H3,(H2,15,20)/t11-/m1/s1. The fraction of sp³-hybridized carbons (Fsp3) is 0.500. The van der Waals surface area contributed by atoms with Crippen LogP contribution in [0, 0.1) is 6.92 Å². The summed E-state index contributed by atoms with van der Waals surface area (Å²) in [7, 11) is 0. The van der Waals surface area contributed by atoms with Crippen LogP contribution in [0.2, 0.25) is 0 Å². The molecule has 2 amide bonds. The molecule has 0 aliphatic carbocycles. The summed E-state index contributed by atoms with van der Waals surface area (Å²) in [5.41, 5.74) is 6.00. The molecule has 1 saturated heterocycles. The van der Waals surface area contributed by atoms with Crippen LogP contribution in [0.4, 0.5) is 0 Å². The first-order valence-corrected chi connectivity index (χ1v) is 7.03. The van der Waals surface area contributed by atoms with Crippen molar-refractivity contribution in [2.45, 2.75) is 32.2 Å². The summed E-state index contributed by atoms with van der Waals surface area (Å²) in [6.45, 7) is 1.73. The van der Waals surface area contributed by atoms with Gasteiger partial charge in [-0.1, -0.05) is 0 Å². The van der Waals surface area contributed by atoms with E-state index in [0.29, 0.717) is 18.7 Å². The molecule has 1 atom stereocenters. The minimum absolute atomic E-state index is 0.0310. The molecule has 1 aliphatic rings. The molecule has 0 aromatic carbocycles. The predicted molar refractivity (Wildman–Crippen MR) is 75.6 cm³/mol. The van der Waals surface area contributed by atoms with Crippen LogP contribution in [0.25, 0.3) is 0 Å². The topological polar surface area (TPSA) is 115 Å². The number of carbonyl (C=O) groups excluding carboxylic acids is 3. The van der Waals surface area contributed by atoms with E-state index in [4.69, 9.17) is 10.5 Å². The molecule has 8 heteroatoms. The molecule has 0 unspecified atom stereocenters. The highest BCUT2D eigenvalue weighted by Gasteiger charge is 2.31. The van der Waals surface area contributed by atoms with Gasteiger partial charge in [-0.2, -0.15) is 0 Å². The zero-order chi connectivity index (χ0) is 16.1. The average Bonchev–Trinajstić information content (AvgIpc) is 2.53. The van der Waals surface area contributed by atoms with Crippen molar-refractivity contribution in [1.29, 1.82) is 0 Å². The Morgan fingerprint density at radius 1 is 1.32 bits per heavy atom. The van der Waals surface area contributed by atoms with Gasteiger partial charge in [0.15, 0.2) is 12.3 Å². The van der Waals surface area contributed by atoms with Gasteiger partial charge in [0.2, 0.25) is 5.91 Å². The van der Waals surface area contributed by atoms with E-state index in [1.807, 2.05) is 0 Å². The van der Waals surface area contributed by atoms with E-state index in [1.165, 1.54) is 17.3 Å². The van der Waals surface area contributed by atoms with E-state index < -0.39 is 30.4 Å². The van der Waals surface area contributed by atoms with Crippen LogP contribution >= 0.6 is 0 Å². The number of primary amides is 1. The molecule has 0 saturated carbocycles. The number of piperidine rings is 1. The summed E-state index contributed by atoms with van der Waals surface area (Å²) in [6.07, 6.45) is 4.91. The second-order valence-corrected chi connectivity index (χ2v) is 5.12. The Kier molecular flexibility index (Phi) is 5.03. The van der Waals surface area contributed by atoms with Crippen LogP contribution < -0.4 is 5.73 Å². The molecule has 8 nitrogen and oxygen atoms in total. The summed E-state index contributed by atoms with van der Waals surface area (Å²) in [6, 6.07) is -0.626. The number of rotatable bonds is 4. The summed E-state index contributed by atoms with van der Waals surface area (Å²) < 4.78 is 4.93. The van der Waals surface area contributed by atoms with Gasteiger partial charge in [-0.15, -0.1) is 0 Å². The Morgan fingerprint density at radius 2 is 2.09 bits per heavy atom. The van der Waals surface area contributed by atoms with Crippen molar-refractivity contribution in [3.05, 3.63) is 23.8 Å². The first-order valence-electron chi connectivity index (χ1n) is 7.03. The minimum atomic E-state index is -0.728. The third-order valence-corrected chi connectivity index (χ3v) is 3.47. The Bertz CT molecular complexity index is 573. The smallest absolute Gasteiger partial charge is 0.359 e. The van der Waals surface area contributed by atoms with E-state index in [9.17, 15) is 14.4 Å². The summed E-state index contributed by atoms with van der Waals surface area (Å²) >= 11 is 0. The number of ether oxygens (including phenoxy) is 1. The summed E-state index contributed by atoms with van der Waals surface area (Å²) in [5, 5.41) is 0. The zero-order valence-corrected chi connectivity index (χ0v) is 12.3. The highest BCUT2D eigenvalue weighted by Crippen LogP contribution is 2.17. The van der Waals surface area contributed by atoms with Gasteiger partial charge in [0.05, 0.1) is 11.9 Å². The van der Waals surface area contributed by atoms with E-state index >= 15 is 0 Å². The van der Waals surface area contributed by atoms with Gasteiger partial charge in [-0.3, -0.25) is 14.6 Å².